The summed E-state index contributed by atoms with van der Waals surface area (Å²) in [5.74, 6) is -3.40. The van der Waals surface area contributed by atoms with Crippen molar-refractivity contribution in [2.24, 2.45) is 11.8 Å². The highest BCUT2D eigenvalue weighted by Gasteiger charge is 2.31. The fraction of sp³-hybridized carbons (Fsp3) is 0.364. The Balaban J connectivity index is 2.50. The number of ketones is 2. The minimum atomic E-state index is -0.460. The first-order valence-electron chi connectivity index (χ1n) is 9.58. The van der Waals surface area contributed by atoms with Crippen molar-refractivity contribution in [3.63, 3.8) is 0 Å². The zero-order chi connectivity index (χ0) is 21.6. The van der Waals surface area contributed by atoms with Gasteiger partial charge in [-0.15, -0.1) is 0 Å². The molecule has 0 saturated carbocycles. The van der Waals surface area contributed by atoms with Crippen LogP contribution in [0.25, 0.3) is 21.9 Å². The van der Waals surface area contributed by atoms with Gasteiger partial charge in [0.1, 0.15) is 34.1 Å². The molecule has 3 rings (SSSR count). The predicted molar refractivity (Wildman–Crippen MR) is 108 cm³/mol. The number of rotatable bonds is 6. The molecule has 4 N–H and O–H groups in total. The van der Waals surface area contributed by atoms with Crippen LogP contribution in [0.3, 0.4) is 0 Å². The lowest BCUT2D eigenvalue weighted by Crippen LogP contribution is -2.11. The Morgan fingerprint density at radius 1 is 0.759 bits per heavy atom. The molecule has 7 heteroatoms. The van der Waals surface area contributed by atoms with Gasteiger partial charge in [0.15, 0.2) is 22.7 Å². The molecule has 0 spiro atoms. The summed E-state index contributed by atoms with van der Waals surface area (Å²) in [7, 11) is 0. The van der Waals surface area contributed by atoms with E-state index in [2.05, 4.69) is 0 Å². The maximum Gasteiger partial charge on any atom is 0.173 e. The molecule has 1 aromatic heterocycles. The molecule has 2 atom stereocenters. The van der Waals surface area contributed by atoms with Gasteiger partial charge in [-0.3, -0.25) is 9.59 Å². The lowest BCUT2D eigenvalue weighted by molar-refractivity contribution is 0.0918. The van der Waals surface area contributed by atoms with Crippen molar-refractivity contribution in [2.45, 2.75) is 40.5 Å². The smallest absolute Gasteiger partial charge is 0.173 e. The number of phenolic OH excluding ortho intramolecular Hbond substituents is 4. The van der Waals surface area contributed by atoms with Gasteiger partial charge in [-0.1, -0.05) is 27.7 Å². The molecular formula is C22H24O7. The van der Waals surface area contributed by atoms with Gasteiger partial charge in [0.25, 0.3) is 0 Å². The third-order valence-corrected chi connectivity index (χ3v) is 5.55. The Labute approximate surface area is 167 Å². The van der Waals surface area contributed by atoms with Crippen molar-refractivity contribution < 1.29 is 34.4 Å². The van der Waals surface area contributed by atoms with Crippen LogP contribution in [-0.2, 0) is 0 Å². The molecule has 7 nitrogen and oxygen atoms in total. The quantitative estimate of drug-likeness (QED) is 0.435. The second-order valence-electron chi connectivity index (χ2n) is 7.44. The third-order valence-electron chi connectivity index (χ3n) is 5.55. The molecular weight excluding hydrogens is 376 g/mol. The average Bonchev–Trinajstić information content (AvgIpc) is 3.06. The first-order chi connectivity index (χ1) is 13.6. The van der Waals surface area contributed by atoms with Crippen LogP contribution < -0.4 is 0 Å². The molecule has 0 aliphatic heterocycles. The van der Waals surface area contributed by atoms with Gasteiger partial charge in [-0.25, -0.2) is 0 Å². The van der Waals surface area contributed by atoms with Crippen molar-refractivity contribution in [1.82, 2.24) is 0 Å². The maximum absolute atomic E-state index is 12.8. The Morgan fingerprint density at radius 2 is 1.10 bits per heavy atom. The second-order valence-corrected chi connectivity index (χ2v) is 7.44. The fourth-order valence-electron chi connectivity index (χ4n) is 3.39. The van der Waals surface area contributed by atoms with Crippen molar-refractivity contribution in [3.05, 3.63) is 23.3 Å². The Morgan fingerprint density at radius 3 is 1.41 bits per heavy atom. The normalized spacial score (nSPS) is 13.7. The highest BCUT2D eigenvalue weighted by molar-refractivity contribution is 6.23. The molecule has 1 heterocycles. The second kappa shape index (κ2) is 7.31. The third kappa shape index (κ3) is 3.06. The summed E-state index contributed by atoms with van der Waals surface area (Å²) in [4.78, 5) is 25.7. The topological polar surface area (TPSA) is 128 Å². The van der Waals surface area contributed by atoms with Crippen LogP contribution in [-0.4, -0.2) is 32.0 Å². The van der Waals surface area contributed by atoms with Crippen LogP contribution in [0.15, 0.2) is 16.5 Å². The summed E-state index contributed by atoms with van der Waals surface area (Å²) in [6.07, 6.45) is 1.04. The summed E-state index contributed by atoms with van der Waals surface area (Å²) in [5, 5.41) is 41.5. The molecule has 0 aliphatic rings. The van der Waals surface area contributed by atoms with E-state index in [4.69, 9.17) is 4.42 Å². The summed E-state index contributed by atoms with van der Waals surface area (Å²) in [6.45, 7) is 7.04. The van der Waals surface area contributed by atoms with Crippen molar-refractivity contribution in [1.29, 1.82) is 0 Å². The number of carbonyl (C=O) groups is 2. The number of hydrogen-bond donors (Lipinski definition) is 4. The summed E-state index contributed by atoms with van der Waals surface area (Å²) in [5.41, 5.74) is -0.544. The Kier molecular flexibility index (Phi) is 5.17. The van der Waals surface area contributed by atoms with Gasteiger partial charge in [-0.05, 0) is 12.8 Å². The monoisotopic (exact) mass is 400 g/mol. The molecule has 0 amide bonds. The molecule has 154 valence electrons. The maximum atomic E-state index is 12.8. The van der Waals surface area contributed by atoms with E-state index in [1.165, 1.54) is 0 Å². The number of fused-ring (bicyclic) bond motifs is 3. The molecule has 0 saturated heterocycles. The van der Waals surface area contributed by atoms with Gasteiger partial charge in [0.2, 0.25) is 0 Å². The molecule has 2 aromatic carbocycles. The first-order valence-corrected chi connectivity index (χ1v) is 9.58. The number of aromatic hydroxyl groups is 4. The van der Waals surface area contributed by atoms with Crippen LogP contribution in [0.4, 0.5) is 0 Å². The molecule has 2 unspecified atom stereocenters. The minimum Gasteiger partial charge on any atom is -0.507 e. The van der Waals surface area contributed by atoms with E-state index in [9.17, 15) is 30.0 Å². The molecule has 3 aromatic rings. The van der Waals surface area contributed by atoms with Gasteiger partial charge in [0, 0.05) is 24.0 Å². The van der Waals surface area contributed by atoms with E-state index in [0.29, 0.717) is 12.8 Å². The van der Waals surface area contributed by atoms with Crippen LogP contribution in [0.5, 0.6) is 23.0 Å². The minimum absolute atomic E-state index is 0.000143. The van der Waals surface area contributed by atoms with Crippen LogP contribution >= 0.6 is 0 Å². The van der Waals surface area contributed by atoms with E-state index in [1.54, 1.807) is 13.8 Å². The highest BCUT2D eigenvalue weighted by atomic mass is 16.3. The van der Waals surface area contributed by atoms with E-state index < -0.39 is 46.4 Å². The number of carbonyl (C=O) groups excluding carboxylic acids is 2. The number of phenols is 4. The number of benzene rings is 2. The number of hydrogen-bond acceptors (Lipinski definition) is 7. The molecule has 29 heavy (non-hydrogen) atoms. The van der Waals surface area contributed by atoms with E-state index in [-0.39, 0.29) is 33.1 Å². The molecule has 0 radical (unpaired) electrons. The zero-order valence-electron chi connectivity index (χ0n) is 16.7. The molecule has 0 fully saturated rings. The van der Waals surface area contributed by atoms with Crippen molar-refractivity contribution in [3.8, 4) is 23.0 Å². The first kappa shape index (κ1) is 20.5. The lowest BCUT2D eigenvalue weighted by atomic mass is 9.93. The van der Waals surface area contributed by atoms with Crippen molar-refractivity contribution >= 4 is 33.5 Å². The van der Waals surface area contributed by atoms with Crippen LogP contribution in [0.1, 0.15) is 61.3 Å². The highest BCUT2D eigenvalue weighted by Crippen LogP contribution is 2.48. The predicted octanol–water partition coefficient (Wildman–Crippen LogP) is 4.87. The molecule has 0 bridgehead atoms. The van der Waals surface area contributed by atoms with Gasteiger partial charge in [-0.2, -0.15) is 0 Å². The molecule has 0 aliphatic carbocycles. The summed E-state index contributed by atoms with van der Waals surface area (Å²) >= 11 is 0. The van der Waals surface area contributed by atoms with Gasteiger partial charge < -0.3 is 24.8 Å². The van der Waals surface area contributed by atoms with E-state index >= 15 is 0 Å². The van der Waals surface area contributed by atoms with Crippen LogP contribution in [0, 0.1) is 11.8 Å². The number of furan rings is 1. The summed E-state index contributed by atoms with van der Waals surface area (Å²) < 4.78 is 5.79. The zero-order valence-corrected chi connectivity index (χ0v) is 16.7. The van der Waals surface area contributed by atoms with Crippen molar-refractivity contribution in [2.75, 3.05) is 0 Å². The lowest BCUT2D eigenvalue weighted by Gasteiger charge is -2.10. The standard InChI is InChI=1S/C22H24O7/c1-5-9(3)19(27)17-13(25)7-11(23)15-16-12(24)8-14(26)18(20(28)10(4)6-2)22(16)29-21(15)17/h7-10,23-26H,5-6H2,1-4H3. The van der Waals surface area contributed by atoms with Gasteiger partial charge >= 0.3 is 0 Å². The fourth-order valence-corrected chi connectivity index (χ4v) is 3.39. The number of Topliss-reactive ketones (excluding diaryl/α,β-unsaturated/α-hetero) is 2. The largest absolute Gasteiger partial charge is 0.507 e. The van der Waals surface area contributed by atoms with Gasteiger partial charge in [0.05, 0.1) is 10.8 Å². The van der Waals surface area contributed by atoms with E-state index in [1.807, 2.05) is 13.8 Å². The van der Waals surface area contributed by atoms with Crippen LogP contribution in [0.2, 0.25) is 0 Å². The Hall–Kier alpha value is -3.22. The summed E-state index contributed by atoms with van der Waals surface area (Å²) in [6, 6.07) is 2.02. The Bertz CT molecular complexity index is 1050. The van der Waals surface area contributed by atoms with E-state index in [0.717, 1.165) is 12.1 Å². The average molecular weight is 400 g/mol. The SMILES string of the molecule is CCC(C)C(=O)c1c(O)cc(O)c2c1oc1c(C(=O)C(C)CC)c(O)cc(O)c12.